The van der Waals surface area contributed by atoms with Gasteiger partial charge in [-0.3, -0.25) is 0 Å². The first-order valence-electron chi connectivity index (χ1n) is 7.56. The predicted molar refractivity (Wildman–Crippen MR) is 95.2 cm³/mol. The molecule has 22 heavy (non-hydrogen) atoms. The van der Waals surface area contributed by atoms with Crippen LogP contribution in [0.1, 0.15) is 12.5 Å². The molecule has 0 radical (unpaired) electrons. The summed E-state index contributed by atoms with van der Waals surface area (Å²) in [7, 11) is -2.82. The van der Waals surface area contributed by atoms with Gasteiger partial charge in [-0.15, -0.1) is 0 Å². The van der Waals surface area contributed by atoms with E-state index in [0.717, 1.165) is 22.3 Å². The average Bonchev–Trinajstić information content (AvgIpc) is 2.62. The lowest BCUT2D eigenvalue weighted by atomic mass is 10.2. The van der Waals surface area contributed by atoms with Crippen LogP contribution in [-0.4, -0.2) is 0 Å². The summed E-state index contributed by atoms with van der Waals surface area (Å²) in [6.45, 7) is 2.12. The highest BCUT2D eigenvalue weighted by Crippen LogP contribution is 2.42. The molecule has 0 heterocycles. The van der Waals surface area contributed by atoms with E-state index in [9.17, 15) is 4.57 Å². The van der Waals surface area contributed by atoms with Gasteiger partial charge >= 0.3 is 0 Å². The van der Waals surface area contributed by atoms with Gasteiger partial charge < -0.3 is 4.57 Å². The molecule has 3 aromatic rings. The Morgan fingerprint density at radius 1 is 0.682 bits per heavy atom. The second-order valence-electron chi connectivity index (χ2n) is 5.30. The molecule has 0 atom stereocenters. The third kappa shape index (κ3) is 2.65. The third-order valence-electron chi connectivity index (χ3n) is 3.92. The van der Waals surface area contributed by atoms with Crippen molar-refractivity contribution in [3.05, 3.63) is 90.5 Å². The molecule has 0 saturated carbocycles. The molecular formula is C20H19OP. The topological polar surface area (TPSA) is 17.1 Å². The minimum absolute atomic E-state index is 0.884. The minimum atomic E-state index is -2.82. The lowest BCUT2D eigenvalue weighted by Gasteiger charge is -2.20. The van der Waals surface area contributed by atoms with Gasteiger partial charge in [-0.25, -0.2) is 0 Å². The molecule has 3 aromatic carbocycles. The van der Waals surface area contributed by atoms with E-state index in [2.05, 4.69) is 19.1 Å². The van der Waals surface area contributed by atoms with Gasteiger partial charge in [-0.05, 0) is 18.1 Å². The highest BCUT2D eigenvalue weighted by molar-refractivity contribution is 7.85. The SMILES string of the molecule is CCc1cccc(P(=O)(c2ccccc2)c2ccccc2)c1. The zero-order valence-corrected chi connectivity index (χ0v) is 13.5. The molecule has 0 saturated heterocycles. The molecule has 0 aromatic heterocycles. The van der Waals surface area contributed by atoms with Gasteiger partial charge in [0.2, 0.25) is 0 Å². The summed E-state index contributed by atoms with van der Waals surface area (Å²) in [5.41, 5.74) is 1.21. The molecule has 110 valence electrons. The van der Waals surface area contributed by atoms with Crippen LogP contribution in [0.4, 0.5) is 0 Å². The van der Waals surface area contributed by atoms with E-state index in [4.69, 9.17) is 0 Å². The van der Waals surface area contributed by atoms with Crippen molar-refractivity contribution in [1.82, 2.24) is 0 Å². The molecule has 0 aliphatic carbocycles. The lowest BCUT2D eigenvalue weighted by molar-refractivity contribution is 0.592. The summed E-state index contributed by atoms with van der Waals surface area (Å²) in [6.07, 6.45) is 0.942. The van der Waals surface area contributed by atoms with Crippen LogP contribution in [0.2, 0.25) is 0 Å². The number of rotatable bonds is 4. The molecule has 2 heteroatoms. The van der Waals surface area contributed by atoms with E-state index in [1.54, 1.807) is 0 Å². The fourth-order valence-electron chi connectivity index (χ4n) is 2.70. The first-order valence-corrected chi connectivity index (χ1v) is 9.26. The second-order valence-corrected chi connectivity index (χ2v) is 8.07. The second kappa shape index (κ2) is 6.34. The number of aryl methyl sites for hydroxylation is 1. The quantitative estimate of drug-likeness (QED) is 0.668. The van der Waals surface area contributed by atoms with Crippen molar-refractivity contribution < 1.29 is 4.57 Å². The summed E-state index contributed by atoms with van der Waals surface area (Å²) in [6, 6.07) is 27.8. The van der Waals surface area contributed by atoms with E-state index in [1.165, 1.54) is 5.56 Å². The first-order chi connectivity index (χ1) is 10.7. The third-order valence-corrected chi connectivity index (χ3v) is 6.98. The van der Waals surface area contributed by atoms with Crippen molar-refractivity contribution in [1.29, 1.82) is 0 Å². The molecule has 0 bridgehead atoms. The van der Waals surface area contributed by atoms with Crippen LogP contribution >= 0.6 is 7.14 Å². The molecule has 0 aliphatic rings. The highest BCUT2D eigenvalue weighted by Gasteiger charge is 2.29. The van der Waals surface area contributed by atoms with Crippen molar-refractivity contribution in [2.75, 3.05) is 0 Å². The fourth-order valence-corrected chi connectivity index (χ4v) is 5.42. The van der Waals surface area contributed by atoms with Crippen LogP contribution in [0.25, 0.3) is 0 Å². The Morgan fingerprint density at radius 3 is 1.68 bits per heavy atom. The molecule has 0 N–H and O–H groups in total. The summed E-state index contributed by atoms with van der Waals surface area (Å²) in [4.78, 5) is 0. The first kappa shape index (κ1) is 14.8. The van der Waals surface area contributed by atoms with E-state index in [-0.39, 0.29) is 0 Å². The maximum absolute atomic E-state index is 14.1. The standard InChI is InChI=1S/C20H19OP/c1-2-17-10-9-15-20(16-17)22(21,18-11-5-3-6-12-18)19-13-7-4-8-14-19/h3-16H,2H2,1H3. The molecule has 0 spiro atoms. The molecule has 1 nitrogen and oxygen atoms in total. The minimum Gasteiger partial charge on any atom is -0.309 e. The summed E-state index contributed by atoms with van der Waals surface area (Å²) in [5, 5.41) is 2.67. The van der Waals surface area contributed by atoms with E-state index < -0.39 is 7.14 Å². The molecular weight excluding hydrogens is 287 g/mol. The largest absolute Gasteiger partial charge is 0.309 e. The fraction of sp³-hybridized carbons (Fsp3) is 0.100. The van der Waals surface area contributed by atoms with Gasteiger partial charge in [-0.2, -0.15) is 0 Å². The molecule has 0 amide bonds. The summed E-state index contributed by atoms with van der Waals surface area (Å²) in [5.74, 6) is 0. The molecule has 0 unspecified atom stereocenters. The smallest absolute Gasteiger partial charge is 0.171 e. The maximum atomic E-state index is 14.1. The van der Waals surface area contributed by atoms with Crippen molar-refractivity contribution in [3.63, 3.8) is 0 Å². The van der Waals surface area contributed by atoms with Crippen LogP contribution in [0, 0.1) is 0 Å². The van der Waals surface area contributed by atoms with E-state index in [1.807, 2.05) is 72.8 Å². The van der Waals surface area contributed by atoms with Crippen LogP contribution < -0.4 is 15.9 Å². The monoisotopic (exact) mass is 306 g/mol. The number of hydrogen-bond acceptors (Lipinski definition) is 1. The molecule has 0 aliphatic heterocycles. The Hall–Kier alpha value is -2.11. The van der Waals surface area contributed by atoms with Crippen LogP contribution in [-0.2, 0) is 11.0 Å². The van der Waals surface area contributed by atoms with Crippen LogP contribution in [0.3, 0.4) is 0 Å². The molecule has 0 fully saturated rings. The number of hydrogen-bond donors (Lipinski definition) is 0. The van der Waals surface area contributed by atoms with Crippen LogP contribution in [0.15, 0.2) is 84.9 Å². The van der Waals surface area contributed by atoms with Crippen molar-refractivity contribution >= 4 is 23.1 Å². The predicted octanol–water partition coefficient (Wildman–Crippen LogP) is 3.89. The Balaban J connectivity index is 2.26. The van der Waals surface area contributed by atoms with Gasteiger partial charge in [-0.1, -0.05) is 85.8 Å². The van der Waals surface area contributed by atoms with Gasteiger partial charge in [0.1, 0.15) is 0 Å². The lowest BCUT2D eigenvalue weighted by Crippen LogP contribution is -2.25. The Bertz CT molecular complexity index is 751. The highest BCUT2D eigenvalue weighted by atomic mass is 31.2. The number of benzene rings is 3. The van der Waals surface area contributed by atoms with E-state index in [0.29, 0.717) is 0 Å². The zero-order chi connectivity index (χ0) is 15.4. The van der Waals surface area contributed by atoms with Gasteiger partial charge in [0.05, 0.1) is 0 Å². The van der Waals surface area contributed by atoms with Gasteiger partial charge in [0.25, 0.3) is 0 Å². The Kier molecular flexibility index (Phi) is 4.27. The van der Waals surface area contributed by atoms with Crippen molar-refractivity contribution in [2.24, 2.45) is 0 Å². The Morgan fingerprint density at radius 2 is 1.18 bits per heavy atom. The van der Waals surface area contributed by atoms with Crippen molar-refractivity contribution in [2.45, 2.75) is 13.3 Å². The van der Waals surface area contributed by atoms with Gasteiger partial charge in [0.15, 0.2) is 7.14 Å². The summed E-state index contributed by atoms with van der Waals surface area (Å²) < 4.78 is 14.1. The molecule has 3 rings (SSSR count). The maximum Gasteiger partial charge on any atom is 0.171 e. The van der Waals surface area contributed by atoms with Crippen LogP contribution in [0.5, 0.6) is 0 Å². The average molecular weight is 306 g/mol. The van der Waals surface area contributed by atoms with Gasteiger partial charge in [0, 0.05) is 15.9 Å². The van der Waals surface area contributed by atoms with Crippen molar-refractivity contribution in [3.8, 4) is 0 Å². The summed E-state index contributed by atoms with van der Waals surface area (Å²) >= 11 is 0. The Labute approximate surface area is 132 Å². The van der Waals surface area contributed by atoms with E-state index >= 15 is 0 Å². The zero-order valence-electron chi connectivity index (χ0n) is 12.6. The normalized spacial score (nSPS) is 11.3.